The average Bonchev–Trinajstić information content (AvgIpc) is 3.03. The minimum Gasteiger partial charge on any atom is -0.406 e. The molecule has 0 aliphatic heterocycles. The fourth-order valence-corrected chi connectivity index (χ4v) is 5.56. The Bertz CT molecular complexity index is 1300. The van der Waals surface area contributed by atoms with Gasteiger partial charge in [-0.3, -0.25) is 4.55 Å². The topological polar surface area (TPSA) is 93.5 Å². The third-order valence-corrected chi connectivity index (χ3v) is 6.88. The van der Waals surface area contributed by atoms with Crippen molar-refractivity contribution in [2.45, 2.75) is 57.3 Å². The predicted molar refractivity (Wildman–Crippen MR) is 122 cm³/mol. The summed E-state index contributed by atoms with van der Waals surface area (Å²) in [4.78, 5) is 4.32. The summed E-state index contributed by atoms with van der Waals surface area (Å²) in [5.41, 5.74) is 1.65. The Morgan fingerprint density at radius 3 is 2.41 bits per heavy atom. The molecule has 2 aromatic carbocycles. The van der Waals surface area contributed by atoms with Crippen molar-refractivity contribution in [3.63, 3.8) is 0 Å². The highest BCUT2D eigenvalue weighted by Gasteiger charge is 2.35. The Morgan fingerprint density at radius 2 is 1.82 bits per heavy atom. The first-order chi connectivity index (χ1) is 15.7. The number of hydrogen-bond acceptors (Lipinski definition) is 5. The summed E-state index contributed by atoms with van der Waals surface area (Å²) in [5, 5.41) is 3.15. The number of nitrogens with one attached hydrogen (secondary N) is 1. The third kappa shape index (κ3) is 5.47. The third-order valence-electron chi connectivity index (χ3n) is 6.03. The molecule has 2 atom stereocenters. The molecule has 1 aliphatic carbocycles. The van der Waals surface area contributed by atoms with Crippen LogP contribution in [-0.4, -0.2) is 28.9 Å². The molecular formula is C23H26F3N3O4S. The van der Waals surface area contributed by atoms with E-state index in [0.29, 0.717) is 28.6 Å². The number of halogens is 3. The van der Waals surface area contributed by atoms with Crippen molar-refractivity contribution in [2.75, 3.05) is 5.32 Å². The Balaban J connectivity index is 1.76. The molecule has 0 saturated heterocycles. The zero-order chi connectivity index (χ0) is 24.9. The molecule has 34 heavy (non-hydrogen) atoms. The number of imidazole rings is 1. The van der Waals surface area contributed by atoms with Crippen LogP contribution in [0.25, 0.3) is 11.0 Å². The molecule has 0 amide bonds. The molecule has 7 nitrogen and oxygen atoms in total. The SMILES string of the molecule is C[C@H]1C[C@@H](n2c(Nc3ccc(OC(F)(F)F)cc3)nc3cc(S(=O)(=O)O)ccc32)CC(C)(C)C1. The van der Waals surface area contributed by atoms with Crippen molar-refractivity contribution < 1.29 is 30.9 Å². The summed E-state index contributed by atoms with van der Waals surface area (Å²) in [6.07, 6.45) is -1.94. The Hall–Kier alpha value is -2.79. The van der Waals surface area contributed by atoms with Crippen LogP contribution >= 0.6 is 0 Å². The lowest BCUT2D eigenvalue weighted by atomic mass is 9.70. The van der Waals surface area contributed by atoms with Crippen LogP contribution in [0.2, 0.25) is 0 Å². The second-order valence-electron chi connectivity index (χ2n) is 9.70. The normalized spacial score (nSPS) is 20.9. The van der Waals surface area contributed by atoms with Crippen molar-refractivity contribution in [3.05, 3.63) is 42.5 Å². The minimum absolute atomic E-state index is 0.0654. The molecule has 0 radical (unpaired) electrons. The van der Waals surface area contributed by atoms with Gasteiger partial charge in [-0.1, -0.05) is 20.8 Å². The Kier molecular flexibility index (Phi) is 6.05. The van der Waals surface area contributed by atoms with E-state index in [0.717, 1.165) is 19.3 Å². The van der Waals surface area contributed by atoms with Gasteiger partial charge in [-0.05, 0) is 73.1 Å². The zero-order valence-corrected chi connectivity index (χ0v) is 19.7. The van der Waals surface area contributed by atoms with Gasteiger partial charge in [0, 0.05) is 11.7 Å². The maximum atomic E-state index is 12.5. The zero-order valence-electron chi connectivity index (χ0n) is 18.9. The number of alkyl halides is 3. The van der Waals surface area contributed by atoms with Gasteiger partial charge in [0.05, 0.1) is 15.9 Å². The predicted octanol–water partition coefficient (Wildman–Crippen LogP) is 6.31. The molecule has 0 spiro atoms. The average molecular weight is 498 g/mol. The molecule has 2 N–H and O–H groups in total. The monoisotopic (exact) mass is 497 g/mol. The molecule has 3 aromatic rings. The largest absolute Gasteiger partial charge is 0.573 e. The lowest BCUT2D eigenvalue weighted by Crippen LogP contribution is -2.29. The van der Waals surface area contributed by atoms with E-state index in [1.807, 2.05) is 4.57 Å². The quantitative estimate of drug-likeness (QED) is 0.401. The van der Waals surface area contributed by atoms with Gasteiger partial charge in [0.2, 0.25) is 5.95 Å². The first-order valence-corrected chi connectivity index (χ1v) is 12.3. The van der Waals surface area contributed by atoms with Gasteiger partial charge in [-0.2, -0.15) is 8.42 Å². The summed E-state index contributed by atoms with van der Waals surface area (Å²) in [5.74, 6) is 0.545. The lowest BCUT2D eigenvalue weighted by molar-refractivity contribution is -0.274. The summed E-state index contributed by atoms with van der Waals surface area (Å²) < 4.78 is 76.0. The number of hydrogen-bond donors (Lipinski definition) is 2. The van der Waals surface area contributed by atoms with E-state index in [4.69, 9.17) is 0 Å². The first-order valence-electron chi connectivity index (χ1n) is 10.8. The summed E-state index contributed by atoms with van der Waals surface area (Å²) in [6, 6.07) is 9.61. The van der Waals surface area contributed by atoms with E-state index < -0.39 is 16.5 Å². The van der Waals surface area contributed by atoms with Crippen molar-refractivity contribution >= 4 is 32.8 Å². The molecule has 1 heterocycles. The number of rotatable bonds is 5. The Labute approximate surface area is 195 Å². The van der Waals surface area contributed by atoms with Crippen LogP contribution in [-0.2, 0) is 10.1 Å². The van der Waals surface area contributed by atoms with Gasteiger partial charge >= 0.3 is 6.36 Å². The molecule has 1 aromatic heterocycles. The van der Waals surface area contributed by atoms with Gasteiger partial charge in [0.25, 0.3) is 10.1 Å². The van der Waals surface area contributed by atoms with Crippen molar-refractivity contribution in [1.82, 2.24) is 9.55 Å². The van der Waals surface area contributed by atoms with Crippen LogP contribution < -0.4 is 10.1 Å². The molecule has 0 unspecified atom stereocenters. The van der Waals surface area contributed by atoms with E-state index in [1.54, 1.807) is 6.07 Å². The van der Waals surface area contributed by atoms with Gasteiger partial charge in [-0.25, -0.2) is 4.98 Å². The van der Waals surface area contributed by atoms with Crippen LogP contribution in [0, 0.1) is 11.3 Å². The molecule has 1 saturated carbocycles. The second-order valence-corrected chi connectivity index (χ2v) is 11.1. The number of benzene rings is 2. The van der Waals surface area contributed by atoms with E-state index in [9.17, 15) is 26.1 Å². The van der Waals surface area contributed by atoms with Crippen LogP contribution in [0.3, 0.4) is 0 Å². The van der Waals surface area contributed by atoms with E-state index in [2.05, 4.69) is 35.8 Å². The smallest absolute Gasteiger partial charge is 0.406 e. The number of ether oxygens (including phenoxy) is 1. The first kappa shape index (κ1) is 24.3. The highest BCUT2D eigenvalue weighted by molar-refractivity contribution is 7.85. The fraction of sp³-hybridized carbons (Fsp3) is 0.435. The van der Waals surface area contributed by atoms with Crippen LogP contribution in [0.4, 0.5) is 24.8 Å². The Morgan fingerprint density at radius 1 is 1.15 bits per heavy atom. The summed E-state index contributed by atoms with van der Waals surface area (Å²) in [6.45, 7) is 6.60. The van der Waals surface area contributed by atoms with Gasteiger partial charge in [0.1, 0.15) is 5.75 Å². The van der Waals surface area contributed by atoms with Crippen molar-refractivity contribution in [1.29, 1.82) is 0 Å². The molecule has 11 heteroatoms. The van der Waals surface area contributed by atoms with Crippen LogP contribution in [0.5, 0.6) is 5.75 Å². The number of nitrogens with zero attached hydrogens (tertiary/aromatic N) is 2. The van der Waals surface area contributed by atoms with Crippen LogP contribution in [0.15, 0.2) is 47.4 Å². The summed E-state index contributed by atoms with van der Waals surface area (Å²) in [7, 11) is -4.40. The van der Waals surface area contributed by atoms with Crippen molar-refractivity contribution in [2.24, 2.45) is 11.3 Å². The maximum absolute atomic E-state index is 12.5. The second kappa shape index (κ2) is 8.46. The van der Waals surface area contributed by atoms with E-state index in [1.165, 1.54) is 36.4 Å². The molecule has 184 valence electrons. The molecule has 0 bridgehead atoms. The van der Waals surface area contributed by atoms with E-state index >= 15 is 0 Å². The highest BCUT2D eigenvalue weighted by atomic mass is 32.2. The maximum Gasteiger partial charge on any atom is 0.573 e. The van der Waals surface area contributed by atoms with Gasteiger partial charge in [0.15, 0.2) is 0 Å². The minimum atomic E-state index is -4.78. The number of fused-ring (bicyclic) bond motifs is 1. The van der Waals surface area contributed by atoms with E-state index in [-0.39, 0.29) is 22.1 Å². The standard InChI is InChI=1S/C23H26F3N3O4S/c1-14-10-16(13-22(2,3)12-14)29-20-9-8-18(34(30,31)32)11-19(20)28-21(29)27-15-4-6-17(7-5-15)33-23(24,25)26/h4-9,11,14,16H,10,12-13H2,1-3H3,(H,27,28)(H,30,31,32)/t14-,16+/m0/s1. The van der Waals surface area contributed by atoms with Crippen molar-refractivity contribution in [3.8, 4) is 5.75 Å². The number of anilines is 2. The van der Waals surface area contributed by atoms with Gasteiger partial charge in [-0.15, -0.1) is 13.2 Å². The lowest BCUT2D eigenvalue weighted by Gasteiger charge is -2.40. The van der Waals surface area contributed by atoms with Crippen LogP contribution in [0.1, 0.15) is 46.1 Å². The summed E-state index contributed by atoms with van der Waals surface area (Å²) >= 11 is 0. The fourth-order valence-electron chi connectivity index (χ4n) is 5.06. The molecule has 1 aliphatic rings. The highest BCUT2D eigenvalue weighted by Crippen LogP contribution is 2.46. The van der Waals surface area contributed by atoms with Gasteiger partial charge < -0.3 is 14.6 Å². The molecule has 1 fully saturated rings. The number of aromatic nitrogens is 2. The molecule has 4 rings (SSSR count). The molecular weight excluding hydrogens is 471 g/mol.